The van der Waals surface area contributed by atoms with Crippen LogP contribution in [0.4, 0.5) is 0 Å². The average Bonchev–Trinajstić information content (AvgIpc) is 2.55. The van der Waals surface area contributed by atoms with E-state index in [1.807, 2.05) is 25.3 Å². The molecule has 1 aliphatic heterocycles. The number of hydrogen-bond donors (Lipinski definition) is 2. The van der Waals surface area contributed by atoms with Crippen molar-refractivity contribution in [2.45, 2.75) is 44.2 Å². The molecule has 4 heteroatoms. The highest BCUT2D eigenvalue weighted by Gasteiger charge is 2.28. The standard InChI is InChI=1S/C18H25NO3/c1-21-14-4-5-15-13(11-14)7-8-19-16(15)9-12-3-6-18(22-2)17(20)10-12/h3,6,10,14,16,19-20H,4-5,7-9,11H2,1-2H3. The summed E-state index contributed by atoms with van der Waals surface area (Å²) in [4.78, 5) is 0. The molecule has 1 aliphatic carbocycles. The van der Waals surface area contributed by atoms with Gasteiger partial charge in [0.25, 0.3) is 0 Å². The number of rotatable bonds is 4. The molecule has 0 amide bonds. The predicted octanol–water partition coefficient (Wildman–Crippen LogP) is 2.80. The lowest BCUT2D eigenvalue weighted by Gasteiger charge is -2.35. The fourth-order valence-electron chi connectivity index (χ4n) is 3.70. The van der Waals surface area contributed by atoms with Gasteiger partial charge in [0.05, 0.1) is 13.2 Å². The lowest BCUT2D eigenvalue weighted by Crippen LogP contribution is -2.40. The Bertz CT molecular complexity index is 567. The highest BCUT2D eigenvalue weighted by Crippen LogP contribution is 2.34. The lowest BCUT2D eigenvalue weighted by atomic mass is 9.80. The van der Waals surface area contributed by atoms with Crippen LogP contribution in [0.5, 0.6) is 11.5 Å². The van der Waals surface area contributed by atoms with Gasteiger partial charge < -0.3 is 19.9 Å². The Morgan fingerprint density at radius 1 is 1.27 bits per heavy atom. The van der Waals surface area contributed by atoms with Crippen LogP contribution in [0.15, 0.2) is 29.3 Å². The Hall–Kier alpha value is -1.52. The van der Waals surface area contributed by atoms with Crippen molar-refractivity contribution in [3.05, 3.63) is 34.9 Å². The minimum Gasteiger partial charge on any atom is -0.504 e. The maximum atomic E-state index is 9.95. The van der Waals surface area contributed by atoms with Crippen molar-refractivity contribution >= 4 is 0 Å². The van der Waals surface area contributed by atoms with E-state index in [0.29, 0.717) is 17.9 Å². The number of ether oxygens (including phenoxy) is 2. The van der Waals surface area contributed by atoms with Crippen LogP contribution in [0.25, 0.3) is 0 Å². The Kier molecular flexibility index (Phi) is 4.69. The van der Waals surface area contributed by atoms with E-state index in [1.165, 1.54) is 0 Å². The Morgan fingerprint density at radius 2 is 2.14 bits per heavy atom. The zero-order valence-electron chi connectivity index (χ0n) is 13.4. The first kappa shape index (κ1) is 15.4. The molecule has 0 spiro atoms. The maximum absolute atomic E-state index is 9.95. The molecule has 0 saturated heterocycles. The van der Waals surface area contributed by atoms with Gasteiger partial charge in [-0.1, -0.05) is 17.2 Å². The van der Waals surface area contributed by atoms with E-state index < -0.39 is 0 Å². The molecule has 0 radical (unpaired) electrons. The van der Waals surface area contributed by atoms with Crippen molar-refractivity contribution in [3.63, 3.8) is 0 Å². The number of methoxy groups -OCH3 is 2. The Morgan fingerprint density at radius 3 is 2.86 bits per heavy atom. The van der Waals surface area contributed by atoms with Crippen molar-refractivity contribution in [1.82, 2.24) is 5.32 Å². The van der Waals surface area contributed by atoms with Gasteiger partial charge in [-0.15, -0.1) is 0 Å². The molecule has 2 N–H and O–H groups in total. The van der Waals surface area contributed by atoms with E-state index in [2.05, 4.69) is 5.32 Å². The largest absolute Gasteiger partial charge is 0.504 e. The van der Waals surface area contributed by atoms with Gasteiger partial charge in [-0.05, 0) is 56.3 Å². The molecular weight excluding hydrogens is 278 g/mol. The summed E-state index contributed by atoms with van der Waals surface area (Å²) in [5, 5.41) is 13.6. The van der Waals surface area contributed by atoms with Crippen LogP contribution in [-0.2, 0) is 11.2 Å². The van der Waals surface area contributed by atoms with Crippen LogP contribution in [0.3, 0.4) is 0 Å². The first-order valence-electron chi connectivity index (χ1n) is 8.04. The number of phenols is 1. The fourth-order valence-corrected chi connectivity index (χ4v) is 3.70. The lowest BCUT2D eigenvalue weighted by molar-refractivity contribution is 0.0881. The van der Waals surface area contributed by atoms with Gasteiger partial charge in [0, 0.05) is 13.2 Å². The van der Waals surface area contributed by atoms with Gasteiger partial charge in [-0.2, -0.15) is 0 Å². The Labute approximate surface area is 132 Å². The van der Waals surface area contributed by atoms with Crippen molar-refractivity contribution < 1.29 is 14.6 Å². The number of nitrogens with one attached hydrogen (secondary N) is 1. The summed E-state index contributed by atoms with van der Waals surface area (Å²) < 4.78 is 10.6. The third kappa shape index (κ3) is 3.13. The summed E-state index contributed by atoms with van der Waals surface area (Å²) in [5.74, 6) is 0.744. The smallest absolute Gasteiger partial charge is 0.160 e. The van der Waals surface area contributed by atoms with Crippen molar-refractivity contribution in [2.75, 3.05) is 20.8 Å². The first-order chi connectivity index (χ1) is 10.7. The molecule has 0 aromatic heterocycles. The van der Waals surface area contributed by atoms with Crippen LogP contribution < -0.4 is 10.1 Å². The molecule has 1 aromatic rings. The van der Waals surface area contributed by atoms with Gasteiger partial charge in [-0.25, -0.2) is 0 Å². The number of hydrogen-bond acceptors (Lipinski definition) is 4. The molecule has 1 heterocycles. The molecule has 3 rings (SSSR count). The first-order valence-corrected chi connectivity index (χ1v) is 8.04. The van der Waals surface area contributed by atoms with E-state index in [1.54, 1.807) is 18.3 Å². The van der Waals surface area contributed by atoms with E-state index in [9.17, 15) is 5.11 Å². The van der Waals surface area contributed by atoms with Crippen molar-refractivity contribution in [2.24, 2.45) is 0 Å². The predicted molar refractivity (Wildman–Crippen MR) is 86.4 cm³/mol. The molecule has 4 nitrogen and oxygen atoms in total. The average molecular weight is 303 g/mol. The Balaban J connectivity index is 1.76. The summed E-state index contributed by atoms with van der Waals surface area (Å²) >= 11 is 0. The fraction of sp³-hybridized carbons (Fsp3) is 0.556. The normalized spacial score (nSPS) is 25.0. The summed E-state index contributed by atoms with van der Waals surface area (Å²) in [5.41, 5.74) is 4.29. The molecule has 0 fully saturated rings. The minimum absolute atomic E-state index is 0.216. The van der Waals surface area contributed by atoms with Gasteiger partial charge in [0.2, 0.25) is 0 Å². The van der Waals surface area contributed by atoms with Crippen LogP contribution in [0, 0.1) is 0 Å². The van der Waals surface area contributed by atoms with E-state index in [-0.39, 0.29) is 5.75 Å². The summed E-state index contributed by atoms with van der Waals surface area (Å²) in [6.45, 7) is 1.03. The van der Waals surface area contributed by atoms with Gasteiger partial charge in [-0.3, -0.25) is 0 Å². The van der Waals surface area contributed by atoms with E-state index in [0.717, 1.165) is 44.2 Å². The van der Waals surface area contributed by atoms with Crippen molar-refractivity contribution in [1.29, 1.82) is 0 Å². The molecule has 2 aliphatic rings. The summed E-state index contributed by atoms with van der Waals surface area (Å²) in [7, 11) is 3.39. The zero-order valence-corrected chi connectivity index (χ0v) is 13.4. The second-order valence-corrected chi connectivity index (χ2v) is 6.20. The second kappa shape index (κ2) is 6.71. The molecule has 2 atom stereocenters. The summed E-state index contributed by atoms with van der Waals surface area (Å²) in [6, 6.07) is 6.07. The van der Waals surface area contributed by atoms with Gasteiger partial charge in [0.1, 0.15) is 0 Å². The maximum Gasteiger partial charge on any atom is 0.160 e. The quantitative estimate of drug-likeness (QED) is 0.840. The van der Waals surface area contributed by atoms with Gasteiger partial charge >= 0.3 is 0 Å². The van der Waals surface area contributed by atoms with Crippen LogP contribution in [0.2, 0.25) is 0 Å². The zero-order chi connectivity index (χ0) is 15.5. The highest BCUT2D eigenvalue weighted by molar-refractivity contribution is 5.42. The molecule has 2 unspecified atom stereocenters. The SMILES string of the molecule is COc1ccc(CC2NCCC3=C2CCC(OC)C3)cc1O. The molecule has 120 valence electrons. The van der Waals surface area contributed by atoms with E-state index >= 15 is 0 Å². The number of benzene rings is 1. The molecule has 22 heavy (non-hydrogen) atoms. The molecule has 0 bridgehead atoms. The monoisotopic (exact) mass is 303 g/mol. The minimum atomic E-state index is 0.216. The molecule has 1 aromatic carbocycles. The van der Waals surface area contributed by atoms with Crippen LogP contribution in [0.1, 0.15) is 31.2 Å². The topological polar surface area (TPSA) is 50.7 Å². The highest BCUT2D eigenvalue weighted by atomic mass is 16.5. The van der Waals surface area contributed by atoms with E-state index in [4.69, 9.17) is 9.47 Å². The number of phenolic OH excluding ortho intramolecular Hbond substituents is 1. The third-order valence-corrected chi connectivity index (χ3v) is 4.92. The molecular formula is C18H25NO3. The van der Waals surface area contributed by atoms with Crippen LogP contribution in [-0.4, -0.2) is 38.0 Å². The van der Waals surface area contributed by atoms with Crippen LogP contribution >= 0.6 is 0 Å². The van der Waals surface area contributed by atoms with Gasteiger partial charge in [0.15, 0.2) is 11.5 Å². The third-order valence-electron chi connectivity index (χ3n) is 4.92. The second-order valence-electron chi connectivity index (χ2n) is 6.20. The number of aromatic hydroxyl groups is 1. The van der Waals surface area contributed by atoms with Crippen molar-refractivity contribution in [3.8, 4) is 11.5 Å². The molecule has 0 saturated carbocycles. The summed E-state index contributed by atoms with van der Waals surface area (Å²) in [6.07, 6.45) is 5.75.